The van der Waals surface area contributed by atoms with Crippen molar-refractivity contribution in [1.82, 2.24) is 9.97 Å². The summed E-state index contributed by atoms with van der Waals surface area (Å²) in [5.41, 5.74) is 10.7. The van der Waals surface area contributed by atoms with Crippen molar-refractivity contribution in [3.05, 3.63) is 52.8 Å². The maximum Gasteiger partial charge on any atom is 0.316 e. The van der Waals surface area contributed by atoms with Crippen molar-refractivity contribution in [3.8, 4) is 6.01 Å². The molecular formula is C14H17N3O. The lowest BCUT2D eigenvalue weighted by Crippen LogP contribution is -2.15. The summed E-state index contributed by atoms with van der Waals surface area (Å²) in [6.45, 7) is 4.12. The molecule has 1 aromatic heterocycles. The monoisotopic (exact) mass is 243 g/mol. The number of methoxy groups -OCH3 is 1. The van der Waals surface area contributed by atoms with Crippen LogP contribution in [-0.4, -0.2) is 17.1 Å². The van der Waals surface area contributed by atoms with E-state index >= 15 is 0 Å². The lowest BCUT2D eigenvalue weighted by Gasteiger charge is -2.17. The van der Waals surface area contributed by atoms with E-state index in [4.69, 9.17) is 10.5 Å². The largest absolute Gasteiger partial charge is 0.467 e. The van der Waals surface area contributed by atoms with Gasteiger partial charge in [-0.15, -0.1) is 0 Å². The summed E-state index contributed by atoms with van der Waals surface area (Å²) in [5, 5.41) is 0. The molecule has 0 spiro atoms. The van der Waals surface area contributed by atoms with E-state index in [1.165, 1.54) is 11.1 Å². The number of aromatic nitrogens is 2. The van der Waals surface area contributed by atoms with E-state index in [-0.39, 0.29) is 6.04 Å². The topological polar surface area (TPSA) is 61.0 Å². The highest BCUT2D eigenvalue weighted by Gasteiger charge is 2.14. The Morgan fingerprint density at radius 1 is 1.11 bits per heavy atom. The normalized spacial score (nSPS) is 12.2. The molecule has 4 nitrogen and oxygen atoms in total. The predicted molar refractivity (Wildman–Crippen MR) is 70.5 cm³/mol. The average Bonchev–Trinajstić information content (AvgIpc) is 2.38. The molecule has 4 heteroatoms. The SMILES string of the molecule is COc1ncc(C(N)c2c(C)cccc2C)cn1. The maximum absolute atomic E-state index is 6.29. The molecule has 1 atom stereocenters. The quantitative estimate of drug-likeness (QED) is 0.897. The van der Waals surface area contributed by atoms with Gasteiger partial charge in [0.2, 0.25) is 0 Å². The summed E-state index contributed by atoms with van der Waals surface area (Å²) < 4.78 is 4.94. The fraction of sp³-hybridized carbons (Fsp3) is 0.286. The fourth-order valence-corrected chi connectivity index (χ4v) is 2.08. The van der Waals surface area contributed by atoms with Crippen molar-refractivity contribution in [3.63, 3.8) is 0 Å². The van der Waals surface area contributed by atoms with Gasteiger partial charge in [-0.1, -0.05) is 18.2 Å². The van der Waals surface area contributed by atoms with Crippen LogP contribution < -0.4 is 10.5 Å². The molecule has 0 aliphatic heterocycles. The van der Waals surface area contributed by atoms with Gasteiger partial charge in [0, 0.05) is 18.0 Å². The Morgan fingerprint density at radius 3 is 2.17 bits per heavy atom. The Bertz CT molecular complexity index is 517. The third kappa shape index (κ3) is 2.33. The fourth-order valence-electron chi connectivity index (χ4n) is 2.08. The molecule has 0 bridgehead atoms. The van der Waals surface area contributed by atoms with Gasteiger partial charge in [-0.25, -0.2) is 9.97 Å². The summed E-state index contributed by atoms with van der Waals surface area (Å²) >= 11 is 0. The van der Waals surface area contributed by atoms with Crippen molar-refractivity contribution in [2.24, 2.45) is 5.73 Å². The Kier molecular flexibility index (Phi) is 3.58. The first-order valence-electron chi connectivity index (χ1n) is 5.81. The Balaban J connectivity index is 2.38. The van der Waals surface area contributed by atoms with E-state index in [0.29, 0.717) is 6.01 Å². The van der Waals surface area contributed by atoms with Gasteiger partial charge >= 0.3 is 6.01 Å². The molecule has 18 heavy (non-hydrogen) atoms. The second kappa shape index (κ2) is 5.14. The summed E-state index contributed by atoms with van der Waals surface area (Å²) in [5.74, 6) is 0. The second-order valence-electron chi connectivity index (χ2n) is 4.29. The van der Waals surface area contributed by atoms with Crippen molar-refractivity contribution < 1.29 is 4.74 Å². The van der Waals surface area contributed by atoms with Crippen LogP contribution in [0.5, 0.6) is 6.01 Å². The van der Waals surface area contributed by atoms with Crippen LogP contribution in [0.1, 0.15) is 28.3 Å². The number of benzene rings is 1. The first kappa shape index (κ1) is 12.5. The second-order valence-corrected chi connectivity index (χ2v) is 4.29. The molecule has 0 aliphatic rings. The van der Waals surface area contributed by atoms with Gasteiger partial charge < -0.3 is 10.5 Å². The van der Waals surface area contributed by atoms with E-state index in [1.807, 2.05) is 6.07 Å². The average molecular weight is 243 g/mol. The zero-order chi connectivity index (χ0) is 13.1. The molecule has 2 N–H and O–H groups in total. The molecular weight excluding hydrogens is 226 g/mol. The molecule has 0 saturated heterocycles. The number of rotatable bonds is 3. The van der Waals surface area contributed by atoms with Crippen LogP contribution in [0.4, 0.5) is 0 Å². The lowest BCUT2D eigenvalue weighted by atomic mass is 9.93. The molecule has 94 valence electrons. The van der Waals surface area contributed by atoms with E-state index < -0.39 is 0 Å². The molecule has 0 saturated carbocycles. The predicted octanol–water partition coefficient (Wildman–Crippen LogP) is 2.15. The molecule has 1 unspecified atom stereocenters. The third-order valence-electron chi connectivity index (χ3n) is 3.04. The summed E-state index contributed by atoms with van der Waals surface area (Å²) in [7, 11) is 1.54. The van der Waals surface area contributed by atoms with E-state index in [1.54, 1.807) is 19.5 Å². The van der Waals surface area contributed by atoms with Gasteiger partial charge in [0.15, 0.2) is 0 Å². The van der Waals surface area contributed by atoms with Crippen molar-refractivity contribution >= 4 is 0 Å². The third-order valence-corrected chi connectivity index (χ3v) is 3.04. The van der Waals surface area contributed by atoms with Crippen molar-refractivity contribution in [2.45, 2.75) is 19.9 Å². The Morgan fingerprint density at radius 2 is 1.67 bits per heavy atom. The zero-order valence-corrected chi connectivity index (χ0v) is 10.8. The van der Waals surface area contributed by atoms with E-state index in [9.17, 15) is 0 Å². The van der Waals surface area contributed by atoms with Gasteiger partial charge in [-0.05, 0) is 30.5 Å². The number of hydrogen-bond donors (Lipinski definition) is 1. The standard InChI is InChI=1S/C14H17N3O/c1-9-5-4-6-10(2)12(9)13(15)11-7-16-14(18-3)17-8-11/h4-8,13H,15H2,1-3H3. The number of aryl methyl sites for hydroxylation is 2. The summed E-state index contributed by atoms with van der Waals surface area (Å²) in [6, 6.07) is 6.30. The first-order chi connectivity index (χ1) is 8.63. The number of nitrogens with zero attached hydrogens (tertiary/aromatic N) is 2. The zero-order valence-electron chi connectivity index (χ0n) is 10.8. The summed E-state index contributed by atoms with van der Waals surface area (Å²) in [6.07, 6.45) is 3.42. The molecule has 0 aliphatic carbocycles. The van der Waals surface area contributed by atoms with Crippen LogP contribution in [0.3, 0.4) is 0 Å². The highest BCUT2D eigenvalue weighted by atomic mass is 16.5. The van der Waals surface area contributed by atoms with E-state index in [0.717, 1.165) is 11.1 Å². The maximum atomic E-state index is 6.29. The highest BCUT2D eigenvalue weighted by Crippen LogP contribution is 2.25. The van der Waals surface area contributed by atoms with Crippen LogP contribution in [0.25, 0.3) is 0 Å². The van der Waals surface area contributed by atoms with Gasteiger partial charge in [0.25, 0.3) is 0 Å². The molecule has 0 fully saturated rings. The molecule has 2 aromatic rings. The highest BCUT2D eigenvalue weighted by molar-refractivity contribution is 5.40. The van der Waals surface area contributed by atoms with Crippen LogP contribution in [0.15, 0.2) is 30.6 Å². The minimum atomic E-state index is -0.211. The number of hydrogen-bond acceptors (Lipinski definition) is 4. The molecule has 0 radical (unpaired) electrons. The lowest BCUT2D eigenvalue weighted by molar-refractivity contribution is 0.379. The van der Waals surface area contributed by atoms with Gasteiger partial charge in [0.05, 0.1) is 13.2 Å². The van der Waals surface area contributed by atoms with Gasteiger partial charge in [-0.2, -0.15) is 0 Å². The number of ether oxygens (including phenoxy) is 1. The van der Waals surface area contributed by atoms with Crippen molar-refractivity contribution in [2.75, 3.05) is 7.11 Å². The molecule has 0 amide bonds. The molecule has 1 heterocycles. The molecule has 1 aromatic carbocycles. The Labute approximate surface area is 107 Å². The Hall–Kier alpha value is -1.94. The van der Waals surface area contributed by atoms with Crippen molar-refractivity contribution in [1.29, 1.82) is 0 Å². The van der Waals surface area contributed by atoms with Crippen LogP contribution >= 0.6 is 0 Å². The van der Waals surface area contributed by atoms with Crippen LogP contribution in [0, 0.1) is 13.8 Å². The molecule has 2 rings (SSSR count). The smallest absolute Gasteiger partial charge is 0.316 e. The number of nitrogens with two attached hydrogens (primary N) is 1. The minimum absolute atomic E-state index is 0.211. The van der Waals surface area contributed by atoms with Crippen LogP contribution in [-0.2, 0) is 0 Å². The van der Waals surface area contributed by atoms with E-state index in [2.05, 4.69) is 35.9 Å². The van der Waals surface area contributed by atoms with Crippen LogP contribution in [0.2, 0.25) is 0 Å². The first-order valence-corrected chi connectivity index (χ1v) is 5.81. The summed E-state index contributed by atoms with van der Waals surface area (Å²) in [4.78, 5) is 8.18. The minimum Gasteiger partial charge on any atom is -0.467 e. The van der Waals surface area contributed by atoms with Gasteiger partial charge in [-0.3, -0.25) is 0 Å². The van der Waals surface area contributed by atoms with Gasteiger partial charge in [0.1, 0.15) is 0 Å².